The first kappa shape index (κ1) is 17.2. The van der Waals surface area contributed by atoms with Crippen molar-refractivity contribution in [2.75, 3.05) is 18.4 Å². The molecule has 1 amide bonds. The molecule has 1 aliphatic rings. The van der Waals surface area contributed by atoms with Crippen LogP contribution >= 0.6 is 0 Å². The molecule has 4 rings (SSSR count). The van der Waals surface area contributed by atoms with Crippen molar-refractivity contribution in [2.24, 2.45) is 0 Å². The van der Waals surface area contributed by atoms with E-state index in [1.807, 2.05) is 71.6 Å². The fourth-order valence-corrected chi connectivity index (χ4v) is 3.48. The van der Waals surface area contributed by atoms with Gasteiger partial charge in [-0.05, 0) is 43.2 Å². The third-order valence-corrected chi connectivity index (χ3v) is 4.85. The second-order valence-corrected chi connectivity index (χ2v) is 6.75. The number of aromatic nitrogens is 2. The van der Waals surface area contributed by atoms with Gasteiger partial charge in [0, 0.05) is 36.5 Å². The Morgan fingerprint density at radius 3 is 2.52 bits per heavy atom. The lowest BCUT2D eigenvalue weighted by molar-refractivity contribution is 0.0706. The van der Waals surface area contributed by atoms with E-state index in [0.717, 1.165) is 36.3 Å². The Bertz CT molecular complexity index is 898. The summed E-state index contributed by atoms with van der Waals surface area (Å²) >= 11 is 0. The Labute approximate surface area is 159 Å². The standard InChI is InChI=1S/C22H22N4O/c27-21(17-8-3-1-4-9-17)26-15-7-10-18(16-26)20-13-14-23-22(25-20)24-19-11-5-2-6-12-19/h1-6,8-9,11-14,18H,7,10,15-16H2,(H,23,24,25)/t18-/m1/s1. The summed E-state index contributed by atoms with van der Waals surface area (Å²) in [5.74, 6) is 0.910. The number of para-hydroxylation sites is 1. The molecule has 2 heterocycles. The normalized spacial score (nSPS) is 16.7. The lowest BCUT2D eigenvalue weighted by Crippen LogP contribution is -2.39. The zero-order valence-electron chi connectivity index (χ0n) is 15.1. The third-order valence-electron chi connectivity index (χ3n) is 4.85. The highest BCUT2D eigenvalue weighted by molar-refractivity contribution is 5.94. The Morgan fingerprint density at radius 1 is 1.00 bits per heavy atom. The van der Waals surface area contributed by atoms with Gasteiger partial charge in [0.05, 0.1) is 5.69 Å². The van der Waals surface area contributed by atoms with E-state index >= 15 is 0 Å². The number of carbonyl (C=O) groups is 1. The SMILES string of the molecule is O=C(c1ccccc1)N1CCC[C@@H](c2ccnc(Nc3ccccc3)n2)C1. The minimum absolute atomic E-state index is 0.0944. The quantitative estimate of drug-likeness (QED) is 0.758. The summed E-state index contributed by atoms with van der Waals surface area (Å²) in [5.41, 5.74) is 2.68. The van der Waals surface area contributed by atoms with E-state index in [4.69, 9.17) is 4.98 Å². The Hall–Kier alpha value is -3.21. The van der Waals surface area contributed by atoms with E-state index in [9.17, 15) is 4.79 Å². The van der Waals surface area contributed by atoms with Crippen LogP contribution in [0.3, 0.4) is 0 Å². The van der Waals surface area contributed by atoms with Crippen molar-refractivity contribution in [1.29, 1.82) is 0 Å². The molecule has 0 unspecified atom stereocenters. The van der Waals surface area contributed by atoms with Crippen LogP contribution in [0.15, 0.2) is 72.9 Å². The van der Waals surface area contributed by atoms with Crippen molar-refractivity contribution < 1.29 is 4.79 Å². The first-order valence-electron chi connectivity index (χ1n) is 9.29. The first-order valence-corrected chi connectivity index (χ1v) is 9.29. The summed E-state index contributed by atoms with van der Waals surface area (Å²) in [6, 6.07) is 21.3. The van der Waals surface area contributed by atoms with Gasteiger partial charge >= 0.3 is 0 Å². The number of hydrogen-bond acceptors (Lipinski definition) is 4. The molecule has 136 valence electrons. The molecule has 0 saturated carbocycles. The van der Waals surface area contributed by atoms with Gasteiger partial charge in [0.2, 0.25) is 5.95 Å². The molecule has 0 radical (unpaired) electrons. The van der Waals surface area contributed by atoms with E-state index in [2.05, 4.69) is 10.3 Å². The highest BCUT2D eigenvalue weighted by Gasteiger charge is 2.26. The lowest BCUT2D eigenvalue weighted by atomic mass is 9.94. The molecule has 27 heavy (non-hydrogen) atoms. The van der Waals surface area contributed by atoms with E-state index in [1.165, 1.54) is 0 Å². The second kappa shape index (κ2) is 7.99. The zero-order valence-corrected chi connectivity index (χ0v) is 15.1. The van der Waals surface area contributed by atoms with Crippen LogP contribution in [0.2, 0.25) is 0 Å². The maximum Gasteiger partial charge on any atom is 0.253 e. The van der Waals surface area contributed by atoms with Crippen LogP contribution in [0.5, 0.6) is 0 Å². The number of anilines is 2. The number of rotatable bonds is 4. The summed E-state index contributed by atoms with van der Waals surface area (Å²) in [6.07, 6.45) is 3.79. The molecule has 1 atom stereocenters. The Morgan fingerprint density at radius 2 is 1.74 bits per heavy atom. The molecule has 1 N–H and O–H groups in total. The Balaban J connectivity index is 1.48. The van der Waals surface area contributed by atoms with Crippen LogP contribution in [-0.4, -0.2) is 33.9 Å². The monoisotopic (exact) mass is 358 g/mol. The number of carbonyl (C=O) groups excluding carboxylic acids is 1. The van der Waals surface area contributed by atoms with E-state index < -0.39 is 0 Å². The zero-order chi connectivity index (χ0) is 18.5. The molecule has 1 saturated heterocycles. The van der Waals surface area contributed by atoms with Gasteiger partial charge < -0.3 is 10.2 Å². The van der Waals surface area contributed by atoms with Crippen LogP contribution in [0.1, 0.15) is 34.8 Å². The van der Waals surface area contributed by atoms with Gasteiger partial charge in [-0.3, -0.25) is 4.79 Å². The van der Waals surface area contributed by atoms with E-state index in [-0.39, 0.29) is 11.8 Å². The topological polar surface area (TPSA) is 58.1 Å². The molecule has 5 heteroatoms. The lowest BCUT2D eigenvalue weighted by Gasteiger charge is -2.32. The smallest absolute Gasteiger partial charge is 0.253 e. The molecule has 3 aromatic rings. The van der Waals surface area contributed by atoms with Crippen molar-refractivity contribution in [3.63, 3.8) is 0 Å². The van der Waals surface area contributed by atoms with Gasteiger partial charge in [-0.25, -0.2) is 9.97 Å². The van der Waals surface area contributed by atoms with E-state index in [0.29, 0.717) is 12.5 Å². The predicted molar refractivity (Wildman–Crippen MR) is 106 cm³/mol. The molecule has 1 aliphatic heterocycles. The van der Waals surface area contributed by atoms with Crippen LogP contribution in [0, 0.1) is 0 Å². The number of likely N-dealkylation sites (tertiary alicyclic amines) is 1. The van der Waals surface area contributed by atoms with E-state index in [1.54, 1.807) is 6.20 Å². The summed E-state index contributed by atoms with van der Waals surface area (Å²) < 4.78 is 0. The van der Waals surface area contributed by atoms with Crippen molar-refractivity contribution in [1.82, 2.24) is 14.9 Å². The minimum Gasteiger partial charge on any atom is -0.338 e. The Kier molecular flexibility index (Phi) is 5.10. The van der Waals surface area contributed by atoms with Crippen LogP contribution in [0.4, 0.5) is 11.6 Å². The highest BCUT2D eigenvalue weighted by Crippen LogP contribution is 2.27. The number of nitrogens with one attached hydrogen (secondary N) is 1. The van der Waals surface area contributed by atoms with Crippen LogP contribution in [0.25, 0.3) is 0 Å². The summed E-state index contributed by atoms with van der Waals surface area (Å²) in [4.78, 5) is 23.7. The van der Waals surface area contributed by atoms with Crippen molar-refractivity contribution >= 4 is 17.5 Å². The maximum atomic E-state index is 12.8. The van der Waals surface area contributed by atoms with Crippen molar-refractivity contribution in [3.8, 4) is 0 Å². The molecule has 1 aromatic heterocycles. The number of hydrogen-bond donors (Lipinski definition) is 1. The van der Waals surface area contributed by atoms with Gasteiger partial charge in [-0.15, -0.1) is 0 Å². The first-order chi connectivity index (χ1) is 13.3. The molecule has 0 bridgehead atoms. The van der Waals surface area contributed by atoms with Gasteiger partial charge in [0.15, 0.2) is 0 Å². The average Bonchev–Trinajstić information content (AvgIpc) is 2.75. The van der Waals surface area contributed by atoms with Crippen molar-refractivity contribution in [3.05, 3.63) is 84.2 Å². The fourth-order valence-electron chi connectivity index (χ4n) is 3.48. The molecule has 1 fully saturated rings. The molecular weight excluding hydrogens is 336 g/mol. The third kappa shape index (κ3) is 4.14. The summed E-state index contributed by atoms with van der Waals surface area (Å²) in [5, 5.41) is 3.24. The summed E-state index contributed by atoms with van der Waals surface area (Å²) in [7, 11) is 0. The number of amides is 1. The van der Waals surface area contributed by atoms with Crippen molar-refractivity contribution in [2.45, 2.75) is 18.8 Å². The number of benzene rings is 2. The molecule has 5 nitrogen and oxygen atoms in total. The predicted octanol–water partition coefficient (Wildman–Crippen LogP) is 4.24. The number of piperidine rings is 1. The molecule has 0 aliphatic carbocycles. The van der Waals surface area contributed by atoms with Gasteiger partial charge in [-0.1, -0.05) is 36.4 Å². The molecule has 2 aromatic carbocycles. The molecular formula is C22H22N4O. The average molecular weight is 358 g/mol. The summed E-state index contributed by atoms with van der Waals surface area (Å²) in [6.45, 7) is 1.49. The minimum atomic E-state index is 0.0944. The molecule has 0 spiro atoms. The van der Waals surface area contributed by atoms with Crippen LogP contribution in [-0.2, 0) is 0 Å². The number of nitrogens with zero attached hydrogens (tertiary/aromatic N) is 3. The van der Waals surface area contributed by atoms with Gasteiger partial charge in [0.1, 0.15) is 0 Å². The van der Waals surface area contributed by atoms with Gasteiger partial charge in [-0.2, -0.15) is 0 Å². The van der Waals surface area contributed by atoms with Gasteiger partial charge in [0.25, 0.3) is 5.91 Å². The second-order valence-electron chi connectivity index (χ2n) is 6.75. The fraction of sp³-hybridized carbons (Fsp3) is 0.227. The highest BCUT2D eigenvalue weighted by atomic mass is 16.2. The van der Waals surface area contributed by atoms with Crippen LogP contribution < -0.4 is 5.32 Å². The largest absolute Gasteiger partial charge is 0.338 e. The maximum absolute atomic E-state index is 12.8.